The van der Waals surface area contributed by atoms with E-state index in [0.29, 0.717) is 16.6 Å². The van der Waals surface area contributed by atoms with Crippen molar-refractivity contribution in [2.45, 2.75) is 40.2 Å². The van der Waals surface area contributed by atoms with E-state index in [1.54, 1.807) is 34.8 Å². The Morgan fingerprint density at radius 1 is 1.05 bits per heavy atom. The first-order valence-electron chi connectivity index (χ1n) is 11.7. The summed E-state index contributed by atoms with van der Waals surface area (Å²) in [5.41, 5.74) is 4.70. The Labute approximate surface area is 226 Å². The van der Waals surface area contributed by atoms with Crippen LogP contribution in [0.3, 0.4) is 0 Å². The lowest BCUT2D eigenvalue weighted by Crippen LogP contribution is -2.15. The summed E-state index contributed by atoms with van der Waals surface area (Å²) in [5, 5.41) is 11.4. The Balaban J connectivity index is 1.41. The van der Waals surface area contributed by atoms with Crippen LogP contribution < -0.4 is 4.74 Å². The largest absolute Gasteiger partial charge is 0.426 e. The monoisotopic (exact) mass is 547 g/mol. The Morgan fingerprint density at radius 3 is 2.62 bits per heavy atom. The molecule has 2 aromatic carbocycles. The summed E-state index contributed by atoms with van der Waals surface area (Å²) in [7, 11) is 0. The fraction of sp³-hybridized carbons (Fsp3) is 0.222. The molecule has 10 heteroatoms. The fourth-order valence-corrected chi connectivity index (χ4v) is 6.70. The van der Waals surface area contributed by atoms with Crippen LogP contribution in [0.2, 0.25) is 5.02 Å². The maximum Gasteiger partial charge on any atom is 0.313 e. The quantitative estimate of drug-likeness (QED) is 0.184. The van der Waals surface area contributed by atoms with Gasteiger partial charge in [-0.3, -0.25) is 14.4 Å². The van der Waals surface area contributed by atoms with Crippen LogP contribution in [-0.4, -0.2) is 31.4 Å². The molecule has 1 atom stereocenters. The van der Waals surface area contributed by atoms with Gasteiger partial charge >= 0.3 is 5.97 Å². The van der Waals surface area contributed by atoms with Gasteiger partial charge in [-0.05, 0) is 57.5 Å². The van der Waals surface area contributed by atoms with Crippen molar-refractivity contribution >= 4 is 56.2 Å². The van der Waals surface area contributed by atoms with Gasteiger partial charge < -0.3 is 4.74 Å². The Hall–Kier alpha value is -3.40. The molecule has 0 radical (unpaired) electrons. The second-order valence-electron chi connectivity index (χ2n) is 8.95. The number of thiazole rings is 1. The lowest BCUT2D eigenvalue weighted by molar-refractivity contribution is -0.134. The van der Waals surface area contributed by atoms with Gasteiger partial charge in [-0.25, -0.2) is 4.98 Å². The first-order valence-corrected chi connectivity index (χ1v) is 13.7. The molecule has 186 valence electrons. The third-order valence-electron chi connectivity index (χ3n) is 6.41. The normalized spacial score (nSPS) is 14.7. The average molecular weight is 548 g/mol. The van der Waals surface area contributed by atoms with Gasteiger partial charge in [0, 0.05) is 27.1 Å². The van der Waals surface area contributed by atoms with E-state index in [0.717, 1.165) is 48.5 Å². The smallest absolute Gasteiger partial charge is 0.313 e. The maximum absolute atomic E-state index is 13.2. The molecular weight excluding hydrogens is 526 g/mol. The fourth-order valence-electron chi connectivity index (χ4n) is 4.55. The standard InChI is InChI=1S/C27H22ClN5O2S2/c1-13-14(2)36-27-24(13)25(17-5-7-18(28)8-6-17)30-21(26-32-31-15(3)33(26)27)12-23(34)35-19-9-10-22-20(11-19)29-16(4)37-22/h5-11,21H,12H2,1-4H3/t21-/m0/s1. The molecule has 0 N–H and O–H groups in total. The maximum atomic E-state index is 13.2. The Morgan fingerprint density at radius 2 is 1.84 bits per heavy atom. The highest BCUT2D eigenvalue weighted by Crippen LogP contribution is 2.39. The first kappa shape index (κ1) is 24.0. The Kier molecular flexibility index (Phi) is 5.94. The molecule has 1 aliphatic rings. The number of hydrogen-bond donors (Lipinski definition) is 0. The molecule has 0 unspecified atom stereocenters. The lowest BCUT2D eigenvalue weighted by atomic mass is 9.99. The molecule has 0 aliphatic carbocycles. The van der Waals surface area contributed by atoms with E-state index in [1.165, 1.54) is 4.88 Å². The van der Waals surface area contributed by atoms with Gasteiger partial charge in [0.25, 0.3) is 0 Å². The molecule has 0 bridgehead atoms. The van der Waals surface area contributed by atoms with Crippen molar-refractivity contribution in [2.24, 2.45) is 4.99 Å². The van der Waals surface area contributed by atoms with Crippen LogP contribution in [0.1, 0.15) is 50.7 Å². The van der Waals surface area contributed by atoms with Crippen molar-refractivity contribution in [2.75, 3.05) is 0 Å². The molecule has 3 aromatic heterocycles. The van der Waals surface area contributed by atoms with Gasteiger partial charge in [0.2, 0.25) is 0 Å². The second-order valence-corrected chi connectivity index (χ2v) is 11.8. The van der Waals surface area contributed by atoms with Crippen LogP contribution in [0, 0.1) is 27.7 Å². The number of aliphatic imine (C=N–C) groups is 1. The van der Waals surface area contributed by atoms with E-state index < -0.39 is 12.0 Å². The topological polar surface area (TPSA) is 82.3 Å². The van der Waals surface area contributed by atoms with Crippen LogP contribution in [0.15, 0.2) is 47.5 Å². The number of thiophene rings is 1. The molecular formula is C27H22ClN5O2S2. The summed E-state index contributed by atoms with van der Waals surface area (Å²) in [4.78, 5) is 24.0. The summed E-state index contributed by atoms with van der Waals surface area (Å²) in [6, 6.07) is 12.5. The van der Waals surface area contributed by atoms with Crippen molar-refractivity contribution < 1.29 is 9.53 Å². The SMILES string of the molecule is Cc1nc2cc(OC(=O)C[C@@H]3N=C(c4ccc(Cl)cc4)c4c(sc(C)c4C)-n4c(C)nnc43)ccc2s1. The molecule has 0 amide bonds. The van der Waals surface area contributed by atoms with Gasteiger partial charge in [-0.2, -0.15) is 0 Å². The minimum atomic E-state index is -0.580. The van der Waals surface area contributed by atoms with Gasteiger partial charge in [0.1, 0.15) is 22.6 Å². The van der Waals surface area contributed by atoms with Gasteiger partial charge in [-0.1, -0.05) is 23.7 Å². The van der Waals surface area contributed by atoms with Crippen molar-refractivity contribution in [1.29, 1.82) is 0 Å². The minimum Gasteiger partial charge on any atom is -0.426 e. The zero-order chi connectivity index (χ0) is 25.8. The molecule has 1 aliphatic heterocycles. The van der Waals surface area contributed by atoms with E-state index in [-0.39, 0.29) is 6.42 Å². The third-order valence-corrected chi connectivity index (χ3v) is 8.81. The molecule has 37 heavy (non-hydrogen) atoms. The van der Waals surface area contributed by atoms with Gasteiger partial charge in [-0.15, -0.1) is 32.9 Å². The highest BCUT2D eigenvalue weighted by molar-refractivity contribution is 7.18. The van der Waals surface area contributed by atoms with E-state index in [1.807, 2.05) is 48.7 Å². The lowest BCUT2D eigenvalue weighted by Gasteiger charge is -2.12. The van der Waals surface area contributed by atoms with Crippen LogP contribution in [0.5, 0.6) is 5.75 Å². The van der Waals surface area contributed by atoms with Crippen LogP contribution in [0.4, 0.5) is 0 Å². The summed E-state index contributed by atoms with van der Waals surface area (Å²) in [6.45, 7) is 8.07. The zero-order valence-electron chi connectivity index (χ0n) is 20.6. The number of rotatable bonds is 4. The van der Waals surface area contributed by atoms with Crippen molar-refractivity contribution in [3.8, 4) is 10.8 Å². The molecule has 7 nitrogen and oxygen atoms in total. The average Bonchev–Trinajstić information content (AvgIpc) is 3.48. The van der Waals surface area contributed by atoms with Crippen molar-refractivity contribution in [3.63, 3.8) is 0 Å². The molecule has 4 heterocycles. The zero-order valence-corrected chi connectivity index (χ0v) is 23.0. The minimum absolute atomic E-state index is 0.0102. The van der Waals surface area contributed by atoms with E-state index >= 15 is 0 Å². The summed E-state index contributed by atoms with van der Waals surface area (Å²) >= 11 is 9.46. The number of hydrogen-bond acceptors (Lipinski definition) is 8. The number of benzene rings is 2. The highest BCUT2D eigenvalue weighted by atomic mass is 35.5. The number of ether oxygens (including phenoxy) is 1. The summed E-state index contributed by atoms with van der Waals surface area (Å²) in [5.74, 6) is 1.42. The summed E-state index contributed by atoms with van der Waals surface area (Å²) < 4.78 is 8.82. The Bertz CT molecular complexity index is 1710. The predicted molar refractivity (Wildman–Crippen MR) is 148 cm³/mol. The van der Waals surface area contributed by atoms with E-state index in [9.17, 15) is 4.79 Å². The van der Waals surface area contributed by atoms with Gasteiger partial charge in [0.05, 0.1) is 27.4 Å². The summed E-state index contributed by atoms with van der Waals surface area (Å²) in [6.07, 6.45) is 0.0102. The molecule has 0 spiro atoms. The number of aryl methyl sites for hydroxylation is 3. The molecule has 0 saturated carbocycles. The van der Waals surface area contributed by atoms with E-state index in [2.05, 4.69) is 29.0 Å². The number of carbonyl (C=O) groups excluding carboxylic acids is 1. The number of esters is 1. The molecule has 5 aromatic rings. The predicted octanol–water partition coefficient (Wildman–Crippen LogP) is 6.71. The number of carbonyl (C=O) groups is 1. The van der Waals surface area contributed by atoms with Crippen molar-refractivity contribution in [3.05, 3.63) is 85.7 Å². The molecule has 6 rings (SSSR count). The molecule has 0 saturated heterocycles. The second kappa shape index (κ2) is 9.16. The van der Waals surface area contributed by atoms with E-state index in [4.69, 9.17) is 21.3 Å². The number of fused-ring (bicyclic) bond motifs is 4. The number of nitrogens with zero attached hydrogens (tertiary/aromatic N) is 5. The van der Waals surface area contributed by atoms with Crippen LogP contribution >= 0.6 is 34.3 Å². The third kappa shape index (κ3) is 4.27. The number of halogens is 1. The number of aromatic nitrogens is 4. The van der Waals surface area contributed by atoms with Gasteiger partial charge in [0.15, 0.2) is 5.82 Å². The highest BCUT2D eigenvalue weighted by Gasteiger charge is 2.32. The first-order chi connectivity index (χ1) is 17.8. The van der Waals surface area contributed by atoms with Crippen molar-refractivity contribution in [1.82, 2.24) is 19.7 Å². The molecule has 0 fully saturated rings. The van der Waals surface area contributed by atoms with Crippen LogP contribution in [0.25, 0.3) is 15.2 Å². The van der Waals surface area contributed by atoms with Crippen LogP contribution in [-0.2, 0) is 4.79 Å².